The average Bonchev–Trinajstić information content (AvgIpc) is 3.22. The predicted octanol–water partition coefficient (Wildman–Crippen LogP) is 6.37. The van der Waals surface area contributed by atoms with Gasteiger partial charge in [0.25, 0.3) is 5.91 Å². The van der Waals surface area contributed by atoms with Crippen LogP contribution in [0.2, 0.25) is 0 Å². The van der Waals surface area contributed by atoms with Gasteiger partial charge in [0.05, 0.1) is 0 Å². The molecule has 0 saturated carbocycles. The van der Waals surface area contributed by atoms with Gasteiger partial charge in [-0.05, 0) is 43.7 Å². The van der Waals surface area contributed by atoms with Gasteiger partial charge >= 0.3 is 0 Å². The molecule has 0 saturated heterocycles. The van der Waals surface area contributed by atoms with Crippen molar-refractivity contribution < 1.29 is 4.79 Å². The first-order chi connectivity index (χ1) is 14.6. The first kappa shape index (κ1) is 20.3. The Balaban J connectivity index is 1.35. The van der Waals surface area contributed by atoms with Crippen molar-refractivity contribution in [3.8, 4) is 10.6 Å². The molecule has 0 spiro atoms. The van der Waals surface area contributed by atoms with Gasteiger partial charge in [-0.2, -0.15) is 0 Å². The van der Waals surface area contributed by atoms with Crippen LogP contribution >= 0.6 is 23.1 Å². The fourth-order valence-electron chi connectivity index (χ4n) is 2.81. The van der Waals surface area contributed by atoms with Gasteiger partial charge in [-0.15, -0.1) is 22.0 Å². The minimum absolute atomic E-state index is 0.181. The minimum atomic E-state index is -0.181. The Morgan fingerprint density at radius 2 is 1.50 bits per heavy atom. The normalized spacial score (nSPS) is 10.7. The number of thioether (sulfide) groups is 1. The number of benzene rings is 3. The molecule has 0 bridgehead atoms. The van der Waals surface area contributed by atoms with Crippen molar-refractivity contribution in [2.45, 2.75) is 24.5 Å². The summed E-state index contributed by atoms with van der Waals surface area (Å²) in [6.07, 6.45) is 0. The summed E-state index contributed by atoms with van der Waals surface area (Å²) in [5.41, 5.74) is 5.23. The maximum atomic E-state index is 12.5. The lowest BCUT2D eigenvalue weighted by Crippen LogP contribution is -2.11. The monoisotopic (exact) mass is 431 g/mol. The average molecular weight is 432 g/mol. The smallest absolute Gasteiger partial charge is 0.257 e. The highest BCUT2D eigenvalue weighted by atomic mass is 32.2. The van der Waals surface area contributed by atoms with Crippen molar-refractivity contribution in [3.05, 3.63) is 95.1 Å². The van der Waals surface area contributed by atoms with E-state index in [1.165, 1.54) is 32.9 Å². The van der Waals surface area contributed by atoms with Gasteiger partial charge in [0.1, 0.15) is 5.01 Å². The molecule has 0 fully saturated rings. The van der Waals surface area contributed by atoms with E-state index in [2.05, 4.69) is 46.7 Å². The number of aromatic nitrogens is 2. The number of carbonyl (C=O) groups is 1. The maximum Gasteiger partial charge on any atom is 0.257 e. The predicted molar refractivity (Wildman–Crippen MR) is 125 cm³/mol. The van der Waals surface area contributed by atoms with E-state index in [4.69, 9.17) is 0 Å². The number of carbonyl (C=O) groups excluding carboxylic acids is 1. The van der Waals surface area contributed by atoms with Gasteiger partial charge in [0, 0.05) is 21.8 Å². The van der Waals surface area contributed by atoms with Crippen molar-refractivity contribution in [1.82, 2.24) is 10.2 Å². The van der Waals surface area contributed by atoms with Crippen molar-refractivity contribution in [2.75, 3.05) is 5.32 Å². The summed E-state index contributed by atoms with van der Waals surface area (Å²) in [6, 6.07) is 24.3. The molecule has 30 heavy (non-hydrogen) atoms. The number of hydrogen-bond donors (Lipinski definition) is 1. The lowest BCUT2D eigenvalue weighted by molar-refractivity contribution is 0.102. The maximum absolute atomic E-state index is 12.5. The van der Waals surface area contributed by atoms with Crippen LogP contribution in [0, 0.1) is 13.8 Å². The molecule has 4 aromatic rings. The van der Waals surface area contributed by atoms with E-state index in [1.54, 1.807) is 11.8 Å². The number of amides is 1. The van der Waals surface area contributed by atoms with Crippen LogP contribution in [-0.2, 0) is 5.75 Å². The Kier molecular flexibility index (Phi) is 6.26. The SMILES string of the molecule is Cc1ccc(SCc2ccc(C(=O)Nc3nnc(-c4ccc(C)cc4)s3)cc2)cc1. The molecule has 0 unspecified atom stereocenters. The summed E-state index contributed by atoms with van der Waals surface area (Å²) in [5.74, 6) is 0.681. The van der Waals surface area contributed by atoms with E-state index in [1.807, 2.05) is 55.5 Å². The van der Waals surface area contributed by atoms with E-state index < -0.39 is 0 Å². The van der Waals surface area contributed by atoms with Crippen molar-refractivity contribution in [1.29, 1.82) is 0 Å². The second-order valence-electron chi connectivity index (χ2n) is 7.03. The van der Waals surface area contributed by atoms with Crippen molar-refractivity contribution >= 4 is 34.1 Å². The standard InChI is InChI=1S/C24H21N3OS2/c1-16-3-9-20(10-4-16)23-26-27-24(30-23)25-22(28)19-11-7-18(8-12-19)15-29-21-13-5-17(2)6-14-21/h3-14H,15H2,1-2H3,(H,25,27,28). The molecule has 6 heteroatoms. The van der Waals surface area contributed by atoms with Crippen LogP contribution in [0.25, 0.3) is 10.6 Å². The zero-order valence-electron chi connectivity index (χ0n) is 16.8. The van der Waals surface area contributed by atoms with Crippen LogP contribution < -0.4 is 5.32 Å². The third kappa shape index (κ3) is 5.14. The third-order valence-corrected chi connectivity index (χ3v) is 6.56. The Morgan fingerprint density at radius 3 is 2.17 bits per heavy atom. The number of hydrogen-bond acceptors (Lipinski definition) is 5. The highest BCUT2D eigenvalue weighted by molar-refractivity contribution is 7.98. The molecule has 0 aliphatic carbocycles. The summed E-state index contributed by atoms with van der Waals surface area (Å²) in [7, 11) is 0. The molecule has 0 atom stereocenters. The molecule has 0 aliphatic rings. The van der Waals surface area contributed by atoms with Crippen LogP contribution in [0.15, 0.2) is 77.7 Å². The molecule has 1 aromatic heterocycles. The first-order valence-electron chi connectivity index (χ1n) is 9.57. The van der Waals surface area contributed by atoms with E-state index >= 15 is 0 Å². The zero-order valence-corrected chi connectivity index (χ0v) is 18.4. The topological polar surface area (TPSA) is 54.9 Å². The highest BCUT2D eigenvalue weighted by Gasteiger charge is 2.11. The van der Waals surface area contributed by atoms with Crippen LogP contribution in [0.5, 0.6) is 0 Å². The van der Waals surface area contributed by atoms with E-state index in [-0.39, 0.29) is 5.91 Å². The third-order valence-electron chi connectivity index (χ3n) is 4.59. The molecule has 150 valence electrons. The van der Waals surface area contributed by atoms with Crippen LogP contribution in [-0.4, -0.2) is 16.1 Å². The molecule has 4 nitrogen and oxygen atoms in total. The number of aryl methyl sites for hydroxylation is 2. The van der Waals surface area contributed by atoms with Crippen molar-refractivity contribution in [3.63, 3.8) is 0 Å². The fourth-order valence-corrected chi connectivity index (χ4v) is 4.41. The Labute approximate surface area is 184 Å². The Hall–Kier alpha value is -2.96. The summed E-state index contributed by atoms with van der Waals surface area (Å²) >= 11 is 3.15. The molecule has 0 radical (unpaired) electrons. The fraction of sp³-hybridized carbons (Fsp3) is 0.125. The molecule has 1 heterocycles. The molecular weight excluding hydrogens is 410 g/mol. The van der Waals surface area contributed by atoms with Gasteiger partial charge in [0.2, 0.25) is 5.13 Å². The van der Waals surface area contributed by atoms with Gasteiger partial charge in [-0.25, -0.2) is 0 Å². The van der Waals surface area contributed by atoms with Gasteiger partial charge < -0.3 is 0 Å². The molecular formula is C24H21N3OS2. The zero-order chi connectivity index (χ0) is 20.9. The number of nitrogens with one attached hydrogen (secondary N) is 1. The molecule has 1 N–H and O–H groups in total. The molecule has 3 aromatic carbocycles. The van der Waals surface area contributed by atoms with E-state index in [0.717, 1.165) is 16.3 Å². The summed E-state index contributed by atoms with van der Waals surface area (Å²) in [5, 5.41) is 12.4. The number of nitrogens with zero attached hydrogens (tertiary/aromatic N) is 2. The Morgan fingerprint density at radius 1 is 0.867 bits per heavy atom. The Bertz CT molecular complexity index is 1130. The first-order valence-corrected chi connectivity index (χ1v) is 11.4. The summed E-state index contributed by atoms with van der Waals surface area (Å²) in [6.45, 7) is 4.13. The van der Waals surface area contributed by atoms with Gasteiger partial charge in [-0.1, -0.05) is 71.0 Å². The van der Waals surface area contributed by atoms with Gasteiger partial charge in [0.15, 0.2) is 0 Å². The lowest BCUT2D eigenvalue weighted by atomic mass is 10.1. The van der Waals surface area contributed by atoms with Crippen molar-refractivity contribution in [2.24, 2.45) is 0 Å². The summed E-state index contributed by atoms with van der Waals surface area (Å²) < 4.78 is 0. The van der Waals surface area contributed by atoms with E-state index in [9.17, 15) is 4.79 Å². The molecule has 4 rings (SSSR count). The van der Waals surface area contributed by atoms with Crippen LogP contribution in [0.4, 0.5) is 5.13 Å². The highest BCUT2D eigenvalue weighted by Crippen LogP contribution is 2.27. The second kappa shape index (κ2) is 9.24. The summed E-state index contributed by atoms with van der Waals surface area (Å²) in [4.78, 5) is 13.8. The lowest BCUT2D eigenvalue weighted by Gasteiger charge is -2.05. The quantitative estimate of drug-likeness (QED) is 0.361. The minimum Gasteiger partial charge on any atom is -0.296 e. The number of anilines is 1. The van der Waals surface area contributed by atoms with E-state index in [0.29, 0.717) is 10.7 Å². The van der Waals surface area contributed by atoms with Crippen LogP contribution in [0.1, 0.15) is 27.0 Å². The largest absolute Gasteiger partial charge is 0.296 e. The molecule has 0 aliphatic heterocycles. The number of rotatable bonds is 6. The van der Waals surface area contributed by atoms with Gasteiger partial charge in [-0.3, -0.25) is 10.1 Å². The molecule has 1 amide bonds. The second-order valence-corrected chi connectivity index (χ2v) is 9.06. The van der Waals surface area contributed by atoms with Crippen LogP contribution in [0.3, 0.4) is 0 Å².